The minimum atomic E-state index is 0.116. The Morgan fingerprint density at radius 3 is 2.57 bits per heavy atom. The third kappa shape index (κ3) is 5.13. The highest BCUT2D eigenvalue weighted by molar-refractivity contribution is 7.99. The van der Waals surface area contributed by atoms with Crippen LogP contribution in [-0.4, -0.2) is 33.9 Å². The van der Waals surface area contributed by atoms with Gasteiger partial charge in [-0.1, -0.05) is 0 Å². The average Bonchev–Trinajstić information content (AvgIpc) is 3.48. The number of aromatic amines is 1. The van der Waals surface area contributed by atoms with Crippen molar-refractivity contribution < 1.29 is 4.79 Å². The van der Waals surface area contributed by atoms with E-state index in [1.165, 1.54) is 11.8 Å². The molecule has 0 unspecified atom stereocenters. The van der Waals surface area contributed by atoms with Gasteiger partial charge >= 0.3 is 0 Å². The van der Waals surface area contributed by atoms with Crippen molar-refractivity contribution in [2.45, 2.75) is 36.7 Å². The maximum Gasteiger partial charge on any atom is 0.227 e. The van der Waals surface area contributed by atoms with Gasteiger partial charge < -0.3 is 20.5 Å². The number of benzene rings is 1. The number of carbonyl (C=O) groups is 1. The van der Waals surface area contributed by atoms with Gasteiger partial charge in [0.1, 0.15) is 17.5 Å². The van der Waals surface area contributed by atoms with Gasteiger partial charge in [0.2, 0.25) is 5.91 Å². The second kappa shape index (κ2) is 9.21. The molecule has 1 amide bonds. The molecule has 0 atom stereocenters. The number of hydrogen-bond donors (Lipinski definition) is 3. The lowest BCUT2D eigenvalue weighted by molar-refractivity contribution is -0.117. The number of rotatable bonds is 9. The maximum absolute atomic E-state index is 11.9. The molecule has 0 saturated heterocycles. The second-order valence-corrected chi connectivity index (χ2v) is 8.21. The monoisotopic (exact) mass is 422 g/mol. The summed E-state index contributed by atoms with van der Waals surface area (Å²) in [5.74, 6) is 2.82. The number of nitrogens with one attached hydrogen (secondary N) is 3. The highest BCUT2D eigenvalue weighted by Crippen LogP contribution is 2.32. The largest absolute Gasteiger partial charge is 0.357 e. The van der Waals surface area contributed by atoms with Crippen LogP contribution in [-0.2, 0) is 4.79 Å². The number of carbonyl (C=O) groups excluding carboxylic acids is 1. The molecule has 1 saturated carbocycles. The summed E-state index contributed by atoms with van der Waals surface area (Å²) >= 11 is 1.50. The summed E-state index contributed by atoms with van der Waals surface area (Å²) in [6.45, 7) is 5.97. The van der Waals surface area contributed by atoms with E-state index in [9.17, 15) is 4.79 Å². The maximum atomic E-state index is 11.9. The van der Waals surface area contributed by atoms with Crippen LogP contribution in [0.25, 0.3) is 0 Å². The summed E-state index contributed by atoms with van der Waals surface area (Å²) in [7, 11) is 0. The van der Waals surface area contributed by atoms with Gasteiger partial charge in [-0.3, -0.25) is 4.79 Å². The van der Waals surface area contributed by atoms with Crippen molar-refractivity contribution in [2.75, 3.05) is 28.6 Å². The van der Waals surface area contributed by atoms with Crippen LogP contribution in [0, 0.1) is 5.92 Å². The lowest BCUT2D eigenvalue weighted by Gasteiger charge is -2.21. The first-order valence-electron chi connectivity index (χ1n) is 10.3. The molecular weight excluding hydrogens is 396 g/mol. The van der Waals surface area contributed by atoms with Crippen molar-refractivity contribution in [2.24, 2.45) is 5.92 Å². The molecule has 2 heterocycles. The number of amides is 1. The molecule has 0 spiro atoms. The van der Waals surface area contributed by atoms with Gasteiger partial charge in [-0.15, -0.1) is 0 Å². The van der Waals surface area contributed by atoms with Crippen LogP contribution in [0.3, 0.4) is 0 Å². The lowest BCUT2D eigenvalue weighted by Crippen LogP contribution is -2.23. The topological polar surface area (TPSA) is 85.9 Å². The van der Waals surface area contributed by atoms with Crippen molar-refractivity contribution in [3.63, 3.8) is 0 Å². The Morgan fingerprint density at radius 2 is 1.93 bits per heavy atom. The van der Waals surface area contributed by atoms with E-state index in [0.717, 1.165) is 54.0 Å². The molecule has 1 aliphatic carbocycles. The Labute approximate surface area is 180 Å². The highest BCUT2D eigenvalue weighted by Gasteiger charge is 2.29. The SMILES string of the molecule is CCN(CC)c1cc(Nc2ccc[nH]2)nc(Sc2ccc(NC(=O)C3CC3)cc2)n1. The standard InChI is InChI=1S/C22H26N6OS/c1-3-28(4-2)20-14-19(25-18-6-5-13-23-18)26-22(27-20)30-17-11-9-16(10-12-17)24-21(29)15-7-8-15/h5-6,9-15,23H,3-4,7-8H2,1-2H3,(H,24,29)(H,25,26,27). The van der Waals surface area contributed by atoms with Crippen molar-refractivity contribution in [3.8, 4) is 0 Å². The molecule has 1 fully saturated rings. The van der Waals surface area contributed by atoms with Gasteiger partial charge in [-0.25, -0.2) is 9.97 Å². The van der Waals surface area contributed by atoms with Crippen LogP contribution in [0.4, 0.5) is 23.1 Å². The van der Waals surface area contributed by atoms with Crippen LogP contribution in [0.2, 0.25) is 0 Å². The van der Waals surface area contributed by atoms with Gasteiger partial charge in [0.25, 0.3) is 0 Å². The molecule has 3 N–H and O–H groups in total. The highest BCUT2D eigenvalue weighted by atomic mass is 32.2. The molecule has 30 heavy (non-hydrogen) atoms. The Morgan fingerprint density at radius 1 is 1.17 bits per heavy atom. The van der Waals surface area contributed by atoms with Gasteiger partial charge in [0.05, 0.1) is 0 Å². The van der Waals surface area contributed by atoms with Crippen LogP contribution in [0.5, 0.6) is 0 Å². The molecule has 8 heteroatoms. The molecule has 156 valence electrons. The minimum absolute atomic E-state index is 0.116. The van der Waals surface area contributed by atoms with Crippen LogP contribution < -0.4 is 15.5 Å². The zero-order chi connectivity index (χ0) is 20.9. The van der Waals surface area contributed by atoms with Crippen molar-refractivity contribution in [1.29, 1.82) is 0 Å². The van der Waals surface area contributed by atoms with Crippen LogP contribution >= 0.6 is 11.8 Å². The zero-order valence-electron chi connectivity index (χ0n) is 17.2. The summed E-state index contributed by atoms with van der Waals surface area (Å²) in [5.41, 5.74) is 0.822. The van der Waals surface area contributed by atoms with Gasteiger partial charge in [-0.2, -0.15) is 0 Å². The number of H-pyrrole nitrogens is 1. The molecule has 7 nitrogen and oxygen atoms in total. The minimum Gasteiger partial charge on any atom is -0.357 e. The van der Waals surface area contributed by atoms with E-state index in [-0.39, 0.29) is 11.8 Å². The molecule has 0 radical (unpaired) electrons. The van der Waals surface area contributed by atoms with E-state index in [1.54, 1.807) is 0 Å². The first-order valence-corrected chi connectivity index (χ1v) is 11.1. The molecular formula is C22H26N6OS. The van der Waals surface area contributed by atoms with E-state index in [0.29, 0.717) is 5.16 Å². The number of hydrogen-bond acceptors (Lipinski definition) is 6. The smallest absolute Gasteiger partial charge is 0.227 e. The van der Waals surface area contributed by atoms with E-state index >= 15 is 0 Å². The van der Waals surface area contributed by atoms with E-state index in [2.05, 4.69) is 39.3 Å². The Kier molecular flexibility index (Phi) is 6.23. The summed E-state index contributed by atoms with van der Waals surface area (Å²) in [6, 6.07) is 13.7. The van der Waals surface area contributed by atoms with E-state index in [1.807, 2.05) is 48.7 Å². The average molecular weight is 423 g/mol. The summed E-state index contributed by atoms with van der Waals surface area (Å²) in [5, 5.41) is 6.94. The summed E-state index contributed by atoms with van der Waals surface area (Å²) in [4.78, 5) is 27.7. The first kappa shape index (κ1) is 20.3. The van der Waals surface area contributed by atoms with Gasteiger partial charge in [0.15, 0.2) is 5.16 Å². The number of nitrogens with zero attached hydrogens (tertiary/aromatic N) is 3. The predicted octanol–water partition coefficient (Wildman–Crippen LogP) is 4.89. The Bertz CT molecular complexity index is 981. The van der Waals surface area contributed by atoms with Gasteiger partial charge in [0, 0.05) is 41.9 Å². The second-order valence-electron chi connectivity index (χ2n) is 7.17. The van der Waals surface area contributed by atoms with Crippen LogP contribution in [0.15, 0.2) is 58.7 Å². The molecule has 3 aromatic rings. The van der Waals surface area contributed by atoms with Crippen molar-refractivity contribution >= 4 is 40.8 Å². The number of anilines is 4. The fraction of sp³-hybridized carbons (Fsp3) is 0.318. The lowest BCUT2D eigenvalue weighted by atomic mass is 10.3. The third-order valence-corrected chi connectivity index (χ3v) is 5.79. The summed E-state index contributed by atoms with van der Waals surface area (Å²) < 4.78 is 0. The van der Waals surface area contributed by atoms with Crippen molar-refractivity contribution in [3.05, 3.63) is 48.7 Å². The van der Waals surface area contributed by atoms with E-state index in [4.69, 9.17) is 4.98 Å². The number of aromatic nitrogens is 3. The van der Waals surface area contributed by atoms with Gasteiger partial charge in [-0.05, 0) is 74.8 Å². The molecule has 0 aliphatic heterocycles. The molecule has 1 aliphatic rings. The first-order chi connectivity index (χ1) is 14.6. The fourth-order valence-corrected chi connectivity index (χ4v) is 3.85. The molecule has 4 rings (SSSR count). The Balaban J connectivity index is 1.52. The normalized spacial score (nSPS) is 13.1. The van der Waals surface area contributed by atoms with Crippen molar-refractivity contribution in [1.82, 2.24) is 15.0 Å². The fourth-order valence-electron chi connectivity index (χ4n) is 3.08. The van der Waals surface area contributed by atoms with Crippen LogP contribution in [0.1, 0.15) is 26.7 Å². The molecule has 1 aromatic carbocycles. The zero-order valence-corrected chi connectivity index (χ0v) is 18.0. The molecule has 2 aromatic heterocycles. The third-order valence-electron chi connectivity index (χ3n) is 4.92. The predicted molar refractivity (Wildman–Crippen MR) is 122 cm³/mol. The quantitative estimate of drug-likeness (QED) is 0.426. The molecule has 0 bridgehead atoms. The summed E-state index contributed by atoms with van der Waals surface area (Å²) in [6.07, 6.45) is 3.87. The Hall–Kier alpha value is -3.00. The van der Waals surface area contributed by atoms with E-state index < -0.39 is 0 Å².